The lowest BCUT2D eigenvalue weighted by Gasteiger charge is -2.09. The van der Waals surface area contributed by atoms with Crippen molar-refractivity contribution in [3.8, 4) is 0 Å². The van der Waals surface area contributed by atoms with Crippen molar-refractivity contribution in [3.05, 3.63) is 65.6 Å². The van der Waals surface area contributed by atoms with Crippen molar-refractivity contribution >= 4 is 16.6 Å². The van der Waals surface area contributed by atoms with Crippen LogP contribution in [0.2, 0.25) is 0 Å². The van der Waals surface area contributed by atoms with E-state index >= 15 is 0 Å². The smallest absolute Gasteiger partial charge is 0.125 e. The van der Waals surface area contributed by atoms with Crippen molar-refractivity contribution in [3.63, 3.8) is 0 Å². The van der Waals surface area contributed by atoms with Gasteiger partial charge in [0.15, 0.2) is 0 Å². The van der Waals surface area contributed by atoms with Crippen LogP contribution in [0.4, 0.5) is 10.1 Å². The van der Waals surface area contributed by atoms with Crippen LogP contribution >= 0.6 is 0 Å². The second-order valence-electron chi connectivity index (χ2n) is 4.85. The van der Waals surface area contributed by atoms with Gasteiger partial charge in [-0.25, -0.2) is 4.39 Å². The Kier molecular flexibility index (Phi) is 2.75. The van der Waals surface area contributed by atoms with Gasteiger partial charge in [0.25, 0.3) is 0 Å². The number of hydrogen-bond donors (Lipinski definition) is 1. The Morgan fingerprint density at radius 1 is 1.11 bits per heavy atom. The molecule has 0 aliphatic carbocycles. The first-order valence-electron chi connectivity index (χ1n) is 6.23. The van der Waals surface area contributed by atoms with Crippen LogP contribution in [0.15, 0.2) is 48.7 Å². The van der Waals surface area contributed by atoms with Gasteiger partial charge in [-0.3, -0.25) is 0 Å². The molecule has 3 heteroatoms. The molecule has 0 aliphatic heterocycles. The summed E-state index contributed by atoms with van der Waals surface area (Å²) in [7, 11) is 0. The van der Waals surface area contributed by atoms with E-state index in [-0.39, 0.29) is 5.82 Å². The van der Waals surface area contributed by atoms with Gasteiger partial charge in [-0.05, 0) is 47.7 Å². The molecule has 0 unspecified atom stereocenters. The number of hydrogen-bond acceptors (Lipinski definition) is 1. The summed E-state index contributed by atoms with van der Waals surface area (Å²) in [6.07, 6.45) is 2.03. The third kappa shape index (κ3) is 2.19. The number of rotatable bonds is 2. The fourth-order valence-electron chi connectivity index (χ4n) is 2.33. The SMILES string of the molecule is Cc1ccc2ccn(Cc3ccc(F)cc3N)c2c1. The molecular weight excluding hydrogens is 239 g/mol. The third-order valence-electron chi connectivity index (χ3n) is 3.38. The Morgan fingerprint density at radius 3 is 2.74 bits per heavy atom. The lowest BCUT2D eigenvalue weighted by Crippen LogP contribution is -2.02. The molecule has 1 aromatic heterocycles. The van der Waals surface area contributed by atoms with E-state index in [9.17, 15) is 4.39 Å². The highest BCUT2D eigenvalue weighted by molar-refractivity contribution is 5.81. The summed E-state index contributed by atoms with van der Waals surface area (Å²) in [6.45, 7) is 2.72. The van der Waals surface area contributed by atoms with Crippen LogP contribution in [0, 0.1) is 12.7 Å². The molecule has 0 spiro atoms. The minimum atomic E-state index is -0.297. The predicted octanol–water partition coefficient (Wildman–Crippen LogP) is 3.72. The lowest BCUT2D eigenvalue weighted by atomic mass is 10.1. The van der Waals surface area contributed by atoms with Crippen LogP contribution in [0.25, 0.3) is 10.9 Å². The Hall–Kier alpha value is -2.29. The van der Waals surface area contributed by atoms with E-state index in [0.29, 0.717) is 12.2 Å². The van der Waals surface area contributed by atoms with Crippen molar-refractivity contribution in [1.82, 2.24) is 4.57 Å². The average molecular weight is 254 g/mol. The first-order chi connectivity index (χ1) is 9.13. The molecule has 19 heavy (non-hydrogen) atoms. The van der Waals surface area contributed by atoms with Gasteiger partial charge in [0.1, 0.15) is 5.82 Å². The van der Waals surface area contributed by atoms with Crippen molar-refractivity contribution < 1.29 is 4.39 Å². The fraction of sp³-hybridized carbons (Fsp3) is 0.125. The largest absolute Gasteiger partial charge is 0.398 e. The van der Waals surface area contributed by atoms with E-state index in [2.05, 4.69) is 35.8 Å². The van der Waals surface area contributed by atoms with Gasteiger partial charge in [0, 0.05) is 23.9 Å². The van der Waals surface area contributed by atoms with Crippen LogP contribution in [0.1, 0.15) is 11.1 Å². The van der Waals surface area contributed by atoms with Gasteiger partial charge in [-0.15, -0.1) is 0 Å². The Bertz CT molecular complexity index is 744. The Labute approximate surface area is 111 Å². The number of halogens is 1. The molecule has 2 aromatic carbocycles. The highest BCUT2D eigenvalue weighted by atomic mass is 19.1. The molecule has 0 saturated heterocycles. The number of fused-ring (bicyclic) bond motifs is 1. The van der Waals surface area contributed by atoms with Gasteiger partial charge in [0.05, 0.1) is 0 Å². The summed E-state index contributed by atoms with van der Waals surface area (Å²) >= 11 is 0. The van der Waals surface area contributed by atoms with E-state index in [0.717, 1.165) is 5.56 Å². The summed E-state index contributed by atoms with van der Waals surface area (Å²) in [6, 6.07) is 13.0. The first kappa shape index (κ1) is 11.8. The maximum absolute atomic E-state index is 13.0. The minimum Gasteiger partial charge on any atom is -0.398 e. The van der Waals surface area contributed by atoms with Crippen molar-refractivity contribution in [1.29, 1.82) is 0 Å². The van der Waals surface area contributed by atoms with Gasteiger partial charge in [-0.1, -0.05) is 18.2 Å². The number of nitrogens with zero attached hydrogens (tertiary/aromatic N) is 1. The van der Waals surface area contributed by atoms with Crippen LogP contribution in [0.3, 0.4) is 0 Å². The molecule has 3 aromatic rings. The second-order valence-corrected chi connectivity index (χ2v) is 4.85. The van der Waals surface area contributed by atoms with Crippen LogP contribution in [-0.4, -0.2) is 4.57 Å². The van der Waals surface area contributed by atoms with E-state index in [1.165, 1.54) is 28.6 Å². The molecule has 0 saturated carbocycles. The number of aromatic nitrogens is 1. The van der Waals surface area contributed by atoms with Crippen LogP contribution < -0.4 is 5.73 Å². The van der Waals surface area contributed by atoms with E-state index < -0.39 is 0 Å². The van der Waals surface area contributed by atoms with Crippen molar-refractivity contribution in [2.24, 2.45) is 0 Å². The summed E-state index contributed by atoms with van der Waals surface area (Å²) in [4.78, 5) is 0. The molecule has 2 N–H and O–H groups in total. The molecular formula is C16H15FN2. The minimum absolute atomic E-state index is 0.297. The molecule has 0 amide bonds. The standard InChI is InChI=1S/C16H15FN2/c1-11-2-3-12-6-7-19(16(12)8-11)10-13-4-5-14(17)9-15(13)18/h2-9H,10,18H2,1H3. The predicted molar refractivity (Wildman–Crippen MR) is 76.6 cm³/mol. The summed E-state index contributed by atoms with van der Waals surface area (Å²) in [5.41, 5.74) is 9.68. The molecule has 0 atom stereocenters. The van der Waals surface area contributed by atoms with Gasteiger partial charge >= 0.3 is 0 Å². The van der Waals surface area contributed by atoms with Gasteiger partial charge in [0.2, 0.25) is 0 Å². The average Bonchev–Trinajstić information content (AvgIpc) is 2.75. The zero-order valence-electron chi connectivity index (χ0n) is 10.7. The van der Waals surface area contributed by atoms with Crippen LogP contribution in [0.5, 0.6) is 0 Å². The molecule has 96 valence electrons. The quantitative estimate of drug-likeness (QED) is 0.694. The zero-order valence-corrected chi connectivity index (χ0v) is 10.7. The molecule has 0 bridgehead atoms. The maximum Gasteiger partial charge on any atom is 0.125 e. The molecule has 1 heterocycles. The zero-order chi connectivity index (χ0) is 13.4. The number of benzene rings is 2. The topological polar surface area (TPSA) is 30.9 Å². The summed E-state index contributed by atoms with van der Waals surface area (Å²) in [5, 5.41) is 1.20. The van der Waals surface area contributed by atoms with E-state index in [1.807, 2.05) is 6.20 Å². The van der Waals surface area contributed by atoms with Gasteiger partial charge < -0.3 is 10.3 Å². The van der Waals surface area contributed by atoms with Crippen molar-refractivity contribution in [2.75, 3.05) is 5.73 Å². The first-order valence-corrected chi connectivity index (χ1v) is 6.23. The lowest BCUT2D eigenvalue weighted by molar-refractivity contribution is 0.627. The molecule has 0 fully saturated rings. The number of aryl methyl sites for hydroxylation is 1. The van der Waals surface area contributed by atoms with Crippen molar-refractivity contribution in [2.45, 2.75) is 13.5 Å². The van der Waals surface area contributed by atoms with E-state index in [4.69, 9.17) is 5.73 Å². The number of nitrogens with two attached hydrogens (primary N) is 1. The fourth-order valence-corrected chi connectivity index (χ4v) is 2.33. The Morgan fingerprint density at radius 2 is 1.95 bits per heavy atom. The highest BCUT2D eigenvalue weighted by Gasteiger charge is 2.05. The molecule has 0 aliphatic rings. The second kappa shape index (κ2) is 4.43. The monoisotopic (exact) mass is 254 g/mol. The van der Waals surface area contributed by atoms with Gasteiger partial charge in [-0.2, -0.15) is 0 Å². The molecule has 3 rings (SSSR count). The number of nitrogen functional groups attached to an aromatic ring is 1. The number of anilines is 1. The Balaban J connectivity index is 2.03. The molecule has 2 nitrogen and oxygen atoms in total. The molecule has 0 radical (unpaired) electrons. The summed E-state index contributed by atoms with van der Waals surface area (Å²) in [5.74, 6) is -0.297. The van der Waals surface area contributed by atoms with Crippen LogP contribution in [-0.2, 0) is 6.54 Å². The third-order valence-corrected chi connectivity index (χ3v) is 3.38. The summed E-state index contributed by atoms with van der Waals surface area (Å²) < 4.78 is 15.2. The highest BCUT2D eigenvalue weighted by Crippen LogP contribution is 2.21. The normalized spacial score (nSPS) is 11.1. The van der Waals surface area contributed by atoms with E-state index in [1.54, 1.807) is 6.07 Å². The maximum atomic E-state index is 13.0.